The summed E-state index contributed by atoms with van der Waals surface area (Å²) in [6, 6.07) is 6.30. The number of nitrogens with two attached hydrogens (primary N) is 1. The molecule has 1 fully saturated rings. The summed E-state index contributed by atoms with van der Waals surface area (Å²) >= 11 is 0. The molecule has 108 valence electrons. The van der Waals surface area contributed by atoms with Crippen molar-refractivity contribution in [1.29, 1.82) is 5.26 Å². The Hall–Kier alpha value is -1.82. The van der Waals surface area contributed by atoms with Gasteiger partial charge in [-0.2, -0.15) is 9.57 Å². The van der Waals surface area contributed by atoms with Gasteiger partial charge < -0.3 is 15.2 Å². The van der Waals surface area contributed by atoms with Crippen molar-refractivity contribution in [1.82, 2.24) is 4.31 Å². The summed E-state index contributed by atoms with van der Waals surface area (Å²) in [6.45, 7) is 0.393. The Bertz CT molecular complexity index is 639. The fourth-order valence-corrected chi connectivity index (χ4v) is 3.47. The molecule has 0 aliphatic carbocycles. The number of nitriles is 1. The number of ether oxygens (including phenoxy) is 2. The zero-order valence-corrected chi connectivity index (χ0v) is 11.8. The highest BCUT2D eigenvalue weighted by Crippen LogP contribution is 2.27. The topological polar surface area (TPSA) is 106 Å². The van der Waals surface area contributed by atoms with Crippen LogP contribution in [0.25, 0.3) is 0 Å². The summed E-state index contributed by atoms with van der Waals surface area (Å²) < 4.78 is 36.4. The van der Waals surface area contributed by atoms with Gasteiger partial charge in [-0.25, -0.2) is 8.42 Å². The predicted molar refractivity (Wildman–Crippen MR) is 71.5 cm³/mol. The number of morpholine rings is 1. The maximum Gasteiger partial charge on any atom is 0.245 e. The number of rotatable bonds is 3. The Morgan fingerprint density at radius 3 is 2.90 bits per heavy atom. The van der Waals surface area contributed by atoms with Crippen LogP contribution in [0.5, 0.6) is 5.75 Å². The summed E-state index contributed by atoms with van der Waals surface area (Å²) in [5.41, 5.74) is 5.89. The zero-order valence-electron chi connectivity index (χ0n) is 10.9. The summed E-state index contributed by atoms with van der Waals surface area (Å²) in [6.07, 6.45) is -0.752. The van der Waals surface area contributed by atoms with Crippen LogP contribution in [0.2, 0.25) is 0 Å². The molecule has 1 aliphatic rings. The number of nitrogens with zero attached hydrogens (tertiary/aromatic N) is 2. The lowest BCUT2D eigenvalue weighted by molar-refractivity contribution is 0.0311. The van der Waals surface area contributed by atoms with Crippen LogP contribution in [0, 0.1) is 11.3 Å². The van der Waals surface area contributed by atoms with Gasteiger partial charge in [0.25, 0.3) is 0 Å². The molecule has 1 unspecified atom stereocenters. The van der Waals surface area contributed by atoms with E-state index >= 15 is 0 Å². The number of nitrogen functional groups attached to an aromatic ring is 1. The molecule has 2 N–H and O–H groups in total. The van der Waals surface area contributed by atoms with Crippen LogP contribution in [0.15, 0.2) is 23.1 Å². The maximum atomic E-state index is 12.5. The van der Waals surface area contributed by atoms with E-state index in [4.69, 9.17) is 20.5 Å². The smallest absolute Gasteiger partial charge is 0.245 e. The van der Waals surface area contributed by atoms with E-state index < -0.39 is 16.1 Å². The monoisotopic (exact) mass is 297 g/mol. The third-order valence-electron chi connectivity index (χ3n) is 3.01. The third-order valence-corrected chi connectivity index (χ3v) is 4.95. The minimum atomic E-state index is -3.74. The molecule has 1 aliphatic heterocycles. The van der Waals surface area contributed by atoms with Gasteiger partial charge in [0.05, 0.1) is 32.0 Å². The molecule has 7 nitrogen and oxygen atoms in total. The van der Waals surface area contributed by atoms with Gasteiger partial charge in [0.2, 0.25) is 10.0 Å². The fraction of sp³-hybridized carbons (Fsp3) is 0.417. The van der Waals surface area contributed by atoms with Gasteiger partial charge in [-0.15, -0.1) is 0 Å². The Morgan fingerprint density at radius 1 is 1.55 bits per heavy atom. The maximum absolute atomic E-state index is 12.5. The molecule has 0 bridgehead atoms. The van der Waals surface area contributed by atoms with Gasteiger partial charge in [-0.05, 0) is 12.1 Å². The van der Waals surface area contributed by atoms with E-state index in [-0.39, 0.29) is 30.3 Å². The van der Waals surface area contributed by atoms with Crippen LogP contribution in [0.4, 0.5) is 5.69 Å². The normalized spacial score (nSPS) is 20.3. The van der Waals surface area contributed by atoms with E-state index in [2.05, 4.69) is 0 Å². The van der Waals surface area contributed by atoms with Gasteiger partial charge in [-0.1, -0.05) is 0 Å². The predicted octanol–water partition coefficient (Wildman–Crippen LogP) is 0.190. The van der Waals surface area contributed by atoms with E-state index in [1.165, 1.54) is 29.6 Å². The first-order chi connectivity index (χ1) is 9.48. The number of anilines is 1. The summed E-state index contributed by atoms with van der Waals surface area (Å²) in [7, 11) is -2.26. The van der Waals surface area contributed by atoms with Gasteiger partial charge in [0.1, 0.15) is 10.6 Å². The molecule has 0 amide bonds. The van der Waals surface area contributed by atoms with Crippen LogP contribution in [-0.2, 0) is 14.8 Å². The van der Waals surface area contributed by atoms with Crippen LogP contribution in [-0.4, -0.2) is 45.6 Å². The fourth-order valence-electron chi connectivity index (χ4n) is 1.95. The SMILES string of the molecule is COc1ccc(S(=O)(=O)N2CCOC(C#N)C2)c(N)c1. The number of sulfonamides is 1. The lowest BCUT2D eigenvalue weighted by Crippen LogP contribution is -2.45. The van der Waals surface area contributed by atoms with Crippen molar-refractivity contribution < 1.29 is 17.9 Å². The van der Waals surface area contributed by atoms with Crippen LogP contribution >= 0.6 is 0 Å². The molecule has 0 radical (unpaired) electrons. The molecule has 1 heterocycles. The lowest BCUT2D eigenvalue weighted by atomic mass is 10.3. The molecule has 1 atom stereocenters. The van der Waals surface area contributed by atoms with Crippen LogP contribution in [0.1, 0.15) is 0 Å². The Labute approximate surface area is 117 Å². The van der Waals surface area contributed by atoms with Gasteiger partial charge in [0, 0.05) is 12.6 Å². The average Bonchev–Trinajstić information content (AvgIpc) is 2.46. The first-order valence-corrected chi connectivity index (χ1v) is 7.38. The average molecular weight is 297 g/mol. The first-order valence-electron chi connectivity index (χ1n) is 5.94. The third kappa shape index (κ3) is 2.70. The molecule has 2 rings (SSSR count). The number of hydrogen-bond donors (Lipinski definition) is 1. The number of benzene rings is 1. The van der Waals surface area contributed by atoms with Crippen molar-refractivity contribution >= 4 is 15.7 Å². The van der Waals surface area contributed by atoms with Crippen molar-refractivity contribution in [2.24, 2.45) is 0 Å². The standard InChI is InChI=1S/C12H15N3O4S/c1-18-9-2-3-12(11(14)6-9)20(16,17)15-4-5-19-10(7-13)8-15/h2-3,6,10H,4-5,8,14H2,1H3. The zero-order chi connectivity index (χ0) is 14.8. The van der Waals surface area contributed by atoms with Crippen molar-refractivity contribution in [3.8, 4) is 11.8 Å². The second kappa shape index (κ2) is 5.66. The molecular formula is C12H15N3O4S. The van der Waals surface area contributed by atoms with Gasteiger partial charge in [-0.3, -0.25) is 0 Å². The summed E-state index contributed by atoms with van der Waals surface area (Å²) in [5.74, 6) is 0.485. The van der Waals surface area contributed by atoms with Crippen molar-refractivity contribution in [2.75, 3.05) is 32.5 Å². The minimum absolute atomic E-state index is 0.00427. The second-order valence-electron chi connectivity index (χ2n) is 4.26. The van der Waals surface area contributed by atoms with Crippen LogP contribution < -0.4 is 10.5 Å². The van der Waals surface area contributed by atoms with E-state index in [9.17, 15) is 8.42 Å². The van der Waals surface area contributed by atoms with E-state index in [1.54, 1.807) is 0 Å². The van der Waals surface area contributed by atoms with E-state index in [0.717, 1.165) is 0 Å². The molecule has 1 aromatic rings. The van der Waals surface area contributed by atoms with E-state index in [1.807, 2.05) is 6.07 Å². The van der Waals surface area contributed by atoms with Crippen LogP contribution in [0.3, 0.4) is 0 Å². The first kappa shape index (κ1) is 14.6. The highest BCUT2D eigenvalue weighted by molar-refractivity contribution is 7.89. The van der Waals surface area contributed by atoms with E-state index in [0.29, 0.717) is 5.75 Å². The molecule has 8 heteroatoms. The lowest BCUT2D eigenvalue weighted by Gasteiger charge is -2.29. The molecular weight excluding hydrogens is 282 g/mol. The Kier molecular flexibility index (Phi) is 4.13. The molecule has 0 aromatic heterocycles. The number of methoxy groups -OCH3 is 1. The Morgan fingerprint density at radius 2 is 2.30 bits per heavy atom. The molecule has 1 saturated heterocycles. The van der Waals surface area contributed by atoms with Crippen molar-refractivity contribution in [3.05, 3.63) is 18.2 Å². The summed E-state index contributed by atoms with van der Waals surface area (Å²) in [4.78, 5) is 0.0110. The van der Waals surface area contributed by atoms with Gasteiger partial charge >= 0.3 is 0 Å². The number of hydrogen-bond acceptors (Lipinski definition) is 6. The molecule has 1 aromatic carbocycles. The second-order valence-corrected chi connectivity index (χ2v) is 6.16. The minimum Gasteiger partial charge on any atom is -0.497 e. The molecule has 0 spiro atoms. The van der Waals surface area contributed by atoms with Gasteiger partial charge in [0.15, 0.2) is 6.10 Å². The highest BCUT2D eigenvalue weighted by atomic mass is 32.2. The summed E-state index contributed by atoms with van der Waals surface area (Å²) in [5, 5.41) is 8.83. The molecule has 20 heavy (non-hydrogen) atoms. The Balaban J connectivity index is 2.33. The quantitative estimate of drug-likeness (QED) is 0.798. The molecule has 0 saturated carbocycles. The largest absolute Gasteiger partial charge is 0.497 e. The van der Waals surface area contributed by atoms with Crippen molar-refractivity contribution in [2.45, 2.75) is 11.0 Å². The highest BCUT2D eigenvalue weighted by Gasteiger charge is 2.32. The van der Waals surface area contributed by atoms with Crippen molar-refractivity contribution in [3.63, 3.8) is 0 Å².